The van der Waals surface area contributed by atoms with Crippen LogP contribution in [-0.2, 0) is 10.4 Å². The van der Waals surface area contributed by atoms with Gasteiger partial charge in [-0.1, -0.05) is 40.9 Å². The molecule has 0 radical (unpaired) electrons. The van der Waals surface area contributed by atoms with Gasteiger partial charge in [0.05, 0.1) is 5.69 Å². The second-order valence-corrected chi connectivity index (χ2v) is 7.86. The van der Waals surface area contributed by atoms with Crippen LogP contribution in [-0.4, -0.2) is 46.1 Å². The van der Waals surface area contributed by atoms with Crippen LogP contribution >= 0.6 is 34.8 Å². The fourth-order valence-electron chi connectivity index (χ4n) is 1.45. The van der Waals surface area contributed by atoms with Crippen LogP contribution in [0.2, 0.25) is 0 Å². The molecule has 0 heterocycles. The van der Waals surface area contributed by atoms with E-state index in [4.69, 9.17) is 39.4 Å². The van der Waals surface area contributed by atoms with Crippen molar-refractivity contribution >= 4 is 56.9 Å². The van der Waals surface area contributed by atoms with Gasteiger partial charge < -0.3 is 14.6 Å². The van der Waals surface area contributed by atoms with Crippen molar-refractivity contribution in [3.05, 3.63) is 23.8 Å². The summed E-state index contributed by atoms with van der Waals surface area (Å²) in [6.45, 7) is 1.64. The number of carbonyl (C=O) groups excluding carboxylic acids is 1. The number of anilines is 1. The molecule has 0 aliphatic heterocycles. The molecule has 0 bridgehead atoms. The van der Waals surface area contributed by atoms with Crippen LogP contribution in [0.25, 0.3) is 0 Å². The number of nitrogens with zero attached hydrogens (tertiary/aromatic N) is 1. The topological polar surface area (TPSA) is 116 Å². The number of halogens is 3. The quantitative estimate of drug-likeness (QED) is 0.401. The lowest BCUT2D eigenvalue weighted by molar-refractivity contribution is 0.0546. The summed E-state index contributed by atoms with van der Waals surface area (Å²) in [5.74, 6) is -0.322. The first kappa shape index (κ1) is 20.1. The van der Waals surface area contributed by atoms with Crippen LogP contribution in [0.15, 0.2) is 18.2 Å². The van der Waals surface area contributed by atoms with E-state index in [9.17, 15) is 18.3 Å². The van der Waals surface area contributed by atoms with Gasteiger partial charge in [0.1, 0.15) is 0 Å². The highest BCUT2D eigenvalue weighted by atomic mass is 35.6. The van der Waals surface area contributed by atoms with E-state index in [2.05, 4.69) is 9.50 Å². The molecule has 0 saturated carbocycles. The van der Waals surface area contributed by atoms with Crippen molar-refractivity contribution in [1.82, 2.24) is 4.90 Å². The zero-order valence-electron chi connectivity index (χ0n) is 11.8. The van der Waals surface area contributed by atoms with Gasteiger partial charge in [-0.15, -0.1) is 0 Å². The minimum Gasteiger partial charge on any atom is -0.369 e. The monoisotopic (exact) mass is 406 g/mol. The number of alkyl halides is 3. The van der Waals surface area contributed by atoms with Crippen molar-refractivity contribution in [3.63, 3.8) is 0 Å². The van der Waals surface area contributed by atoms with Crippen molar-refractivity contribution in [3.8, 4) is 5.75 Å². The van der Waals surface area contributed by atoms with Gasteiger partial charge in [0, 0.05) is 7.05 Å². The number of aryl methyl sites for hydroxylation is 1. The fourth-order valence-corrected chi connectivity index (χ4v) is 2.25. The molecule has 0 aliphatic carbocycles. The summed E-state index contributed by atoms with van der Waals surface area (Å²) in [5, 5.41) is 12.0. The summed E-state index contributed by atoms with van der Waals surface area (Å²) < 4.78 is 32.7. The summed E-state index contributed by atoms with van der Waals surface area (Å²) in [4.78, 5) is 12.7. The molecule has 0 aliphatic rings. The lowest BCUT2D eigenvalue weighted by atomic mass is 10.2. The Morgan fingerprint density at radius 3 is 2.43 bits per heavy atom. The summed E-state index contributed by atoms with van der Waals surface area (Å²) >= 11 is 16.5. The molecule has 3 N–H and O–H groups in total. The van der Waals surface area contributed by atoms with E-state index < -0.39 is 26.5 Å². The zero-order valence-corrected chi connectivity index (χ0v) is 14.9. The average Bonchev–Trinajstić information content (AvgIpc) is 2.37. The van der Waals surface area contributed by atoms with Gasteiger partial charge in [0.2, 0.25) is 3.79 Å². The molecule has 12 heteroatoms. The van der Waals surface area contributed by atoms with Crippen molar-refractivity contribution in [1.29, 1.82) is 0 Å². The summed E-state index contributed by atoms with van der Waals surface area (Å²) in [5.41, 5.74) is 0.526. The predicted molar refractivity (Wildman–Crippen MR) is 86.4 cm³/mol. The number of amides is 2. The van der Waals surface area contributed by atoms with Gasteiger partial charge in [-0.25, -0.2) is 4.79 Å². The zero-order chi connectivity index (χ0) is 18.0. The third kappa shape index (κ3) is 6.21. The Labute approximate surface area is 147 Å². The number of carbonyl (C=O) groups is 1. The summed E-state index contributed by atoms with van der Waals surface area (Å²) in [6, 6.07) is 3.25. The van der Waals surface area contributed by atoms with E-state index in [0.717, 1.165) is 7.05 Å². The van der Waals surface area contributed by atoms with Crippen LogP contribution in [0, 0.1) is 6.92 Å². The Morgan fingerprint density at radius 1 is 1.39 bits per heavy atom. The van der Waals surface area contributed by atoms with Gasteiger partial charge in [0.15, 0.2) is 12.0 Å². The molecular weight excluding hydrogens is 395 g/mol. The van der Waals surface area contributed by atoms with E-state index in [0.29, 0.717) is 10.5 Å². The molecule has 1 rings (SSSR count). The second kappa shape index (κ2) is 7.29. The molecular formula is C11H13Cl3N2O6S. The maximum atomic E-state index is 12.0. The predicted octanol–water partition coefficient (Wildman–Crippen LogP) is 2.33. The summed E-state index contributed by atoms with van der Waals surface area (Å²) in [7, 11) is -3.64. The SMILES string of the molecule is Cc1ccc(NC(=O)N(C)C(O)C(Cl)(Cl)Cl)c(OS(=O)(=O)O)c1. The van der Waals surface area contributed by atoms with Gasteiger partial charge in [-0.05, 0) is 24.6 Å². The minimum atomic E-state index is -4.79. The number of rotatable bonds is 4. The molecule has 1 unspecified atom stereocenters. The number of aliphatic hydroxyl groups is 1. The molecule has 0 saturated heterocycles. The number of nitrogens with one attached hydrogen (secondary N) is 1. The number of hydrogen-bond donors (Lipinski definition) is 3. The maximum absolute atomic E-state index is 12.0. The molecule has 0 spiro atoms. The summed E-state index contributed by atoms with van der Waals surface area (Å²) in [6.07, 6.45) is -1.76. The molecule has 0 aromatic heterocycles. The van der Waals surface area contributed by atoms with Gasteiger partial charge in [-0.3, -0.25) is 9.45 Å². The van der Waals surface area contributed by atoms with E-state index in [-0.39, 0.29) is 11.4 Å². The Morgan fingerprint density at radius 2 is 1.96 bits per heavy atom. The van der Waals surface area contributed by atoms with Gasteiger partial charge >= 0.3 is 16.4 Å². The molecule has 8 nitrogen and oxygen atoms in total. The highest BCUT2D eigenvalue weighted by molar-refractivity contribution is 7.81. The third-order valence-electron chi connectivity index (χ3n) is 2.55. The Balaban J connectivity index is 3.03. The van der Waals surface area contributed by atoms with Crippen LogP contribution in [0.3, 0.4) is 0 Å². The first-order valence-corrected chi connectivity index (χ1v) is 8.37. The lowest BCUT2D eigenvalue weighted by Gasteiger charge is -2.28. The number of hydrogen-bond acceptors (Lipinski definition) is 5. The van der Waals surface area contributed by atoms with E-state index >= 15 is 0 Å². The third-order valence-corrected chi connectivity index (χ3v) is 3.53. The van der Waals surface area contributed by atoms with Crippen molar-refractivity contribution < 1.29 is 27.1 Å². The molecule has 1 aromatic carbocycles. The lowest BCUT2D eigenvalue weighted by Crippen LogP contribution is -2.46. The molecule has 0 fully saturated rings. The number of aliphatic hydroxyl groups excluding tert-OH is 1. The van der Waals surface area contributed by atoms with E-state index in [1.807, 2.05) is 0 Å². The number of benzene rings is 1. The van der Waals surface area contributed by atoms with Crippen LogP contribution in [0.5, 0.6) is 5.75 Å². The van der Waals surface area contributed by atoms with Gasteiger partial charge in [-0.2, -0.15) is 8.42 Å². The van der Waals surface area contributed by atoms with Crippen LogP contribution in [0.4, 0.5) is 10.5 Å². The van der Waals surface area contributed by atoms with Crippen molar-refractivity contribution in [2.75, 3.05) is 12.4 Å². The Kier molecular flexibility index (Phi) is 6.36. The normalized spacial score (nSPS) is 13.3. The Hall–Kier alpha value is -0.970. The van der Waals surface area contributed by atoms with E-state index in [1.54, 1.807) is 13.0 Å². The van der Waals surface area contributed by atoms with Crippen molar-refractivity contribution in [2.24, 2.45) is 0 Å². The van der Waals surface area contributed by atoms with Crippen molar-refractivity contribution in [2.45, 2.75) is 16.9 Å². The largest absolute Gasteiger partial charge is 0.446 e. The molecule has 1 aromatic rings. The minimum absolute atomic E-state index is 0.0819. The fraction of sp³-hybridized carbons (Fsp3) is 0.364. The molecule has 2 amide bonds. The van der Waals surface area contributed by atoms with Gasteiger partial charge in [0.25, 0.3) is 0 Å². The second-order valence-electron chi connectivity index (χ2n) is 4.47. The van der Waals surface area contributed by atoms with Crippen LogP contribution in [0.1, 0.15) is 5.56 Å². The molecule has 1 atom stereocenters. The first-order valence-electron chi connectivity index (χ1n) is 5.87. The molecule has 130 valence electrons. The maximum Gasteiger partial charge on any atom is 0.446 e. The molecule has 23 heavy (non-hydrogen) atoms. The average molecular weight is 408 g/mol. The van der Waals surface area contributed by atoms with Crippen LogP contribution < -0.4 is 9.50 Å². The van der Waals surface area contributed by atoms with E-state index in [1.165, 1.54) is 12.1 Å². The smallest absolute Gasteiger partial charge is 0.369 e. The first-order chi connectivity index (χ1) is 10.3. The standard InChI is InChI=1S/C11H13Cl3N2O6S/c1-6-3-4-7(8(5-6)22-23(19,20)21)15-10(18)16(2)9(17)11(12,13)14/h3-5,9,17H,1-2H3,(H,15,18)(H,19,20,21). The number of urea groups is 1. The Bertz CT molecular complexity index is 691. The highest BCUT2D eigenvalue weighted by Gasteiger charge is 2.36. The highest BCUT2D eigenvalue weighted by Crippen LogP contribution is 2.32.